The number of nitrogens with one attached hydrogen (secondary N) is 1. The molecule has 0 bridgehead atoms. The van der Waals surface area contributed by atoms with Crippen LogP contribution in [0.4, 0.5) is 8.78 Å². The lowest BCUT2D eigenvalue weighted by molar-refractivity contribution is 0.0102. The average Bonchev–Trinajstić information content (AvgIpc) is 2.38. The zero-order valence-electron chi connectivity index (χ0n) is 11.7. The summed E-state index contributed by atoms with van der Waals surface area (Å²) in [5, 5.41) is 10.1. The van der Waals surface area contributed by atoms with Gasteiger partial charge in [-0.25, -0.2) is 21.9 Å². The first kappa shape index (κ1) is 17.0. The van der Waals surface area contributed by atoms with Gasteiger partial charge in [-0.1, -0.05) is 26.3 Å². The maximum atomic E-state index is 13.5. The van der Waals surface area contributed by atoms with Crippen LogP contribution in [0.1, 0.15) is 27.2 Å². The summed E-state index contributed by atoms with van der Waals surface area (Å²) >= 11 is 0. The molecule has 2 unspecified atom stereocenters. The van der Waals surface area contributed by atoms with Crippen LogP contribution in [-0.2, 0) is 10.0 Å². The van der Waals surface area contributed by atoms with Crippen molar-refractivity contribution in [2.45, 2.75) is 37.7 Å². The fraction of sp³-hybridized carbons (Fsp3) is 0.538. The van der Waals surface area contributed by atoms with Crippen molar-refractivity contribution in [1.29, 1.82) is 0 Å². The molecular formula is C13H19F2NO3S. The van der Waals surface area contributed by atoms with Crippen LogP contribution in [-0.4, -0.2) is 25.7 Å². The van der Waals surface area contributed by atoms with Crippen molar-refractivity contribution in [1.82, 2.24) is 4.72 Å². The van der Waals surface area contributed by atoms with Gasteiger partial charge < -0.3 is 5.11 Å². The predicted molar refractivity (Wildman–Crippen MR) is 71.6 cm³/mol. The summed E-state index contributed by atoms with van der Waals surface area (Å²) in [5.41, 5.74) is -1.27. The third-order valence-electron chi connectivity index (χ3n) is 3.50. The van der Waals surface area contributed by atoms with Gasteiger partial charge in [0, 0.05) is 6.54 Å². The minimum Gasteiger partial charge on any atom is -0.389 e. The van der Waals surface area contributed by atoms with E-state index in [0.29, 0.717) is 6.42 Å². The second-order valence-electron chi connectivity index (χ2n) is 5.04. The Morgan fingerprint density at radius 2 is 2.00 bits per heavy atom. The third-order valence-corrected chi connectivity index (χ3v) is 4.92. The predicted octanol–water partition coefficient (Wildman–Crippen LogP) is 2.04. The standard InChI is InChI=1S/C13H19F2NO3S/c1-4-9(2)13(3,17)8-16-20(18,19)11-7-5-6-10(14)12(11)15/h5-7,9,16-17H,4,8H2,1-3H3. The van der Waals surface area contributed by atoms with Crippen LogP contribution >= 0.6 is 0 Å². The van der Waals surface area contributed by atoms with Gasteiger partial charge in [-0.2, -0.15) is 0 Å². The number of halogens is 2. The van der Waals surface area contributed by atoms with Gasteiger partial charge in [0.25, 0.3) is 0 Å². The van der Waals surface area contributed by atoms with E-state index in [4.69, 9.17) is 0 Å². The Kier molecular flexibility index (Phi) is 5.23. The lowest BCUT2D eigenvalue weighted by Gasteiger charge is -2.29. The molecule has 20 heavy (non-hydrogen) atoms. The molecule has 1 aromatic carbocycles. The van der Waals surface area contributed by atoms with Crippen LogP contribution in [0, 0.1) is 17.6 Å². The van der Waals surface area contributed by atoms with E-state index >= 15 is 0 Å². The number of hydrogen-bond acceptors (Lipinski definition) is 3. The molecule has 0 heterocycles. The zero-order valence-corrected chi connectivity index (χ0v) is 12.5. The molecule has 7 heteroatoms. The van der Waals surface area contributed by atoms with Crippen LogP contribution in [0.3, 0.4) is 0 Å². The summed E-state index contributed by atoms with van der Waals surface area (Å²) in [5.74, 6) is -2.81. The second-order valence-corrected chi connectivity index (χ2v) is 6.78. The lowest BCUT2D eigenvalue weighted by Crippen LogP contribution is -2.45. The summed E-state index contributed by atoms with van der Waals surface area (Å²) in [7, 11) is -4.21. The van der Waals surface area contributed by atoms with Crippen LogP contribution < -0.4 is 4.72 Å². The van der Waals surface area contributed by atoms with Gasteiger partial charge in [-0.05, 0) is 25.0 Å². The normalized spacial score (nSPS) is 16.7. The van der Waals surface area contributed by atoms with Gasteiger partial charge >= 0.3 is 0 Å². The van der Waals surface area contributed by atoms with Crippen LogP contribution in [0.2, 0.25) is 0 Å². The van der Waals surface area contributed by atoms with E-state index in [1.165, 1.54) is 6.92 Å². The van der Waals surface area contributed by atoms with Crippen molar-refractivity contribution in [3.8, 4) is 0 Å². The summed E-state index contributed by atoms with van der Waals surface area (Å²) in [6.45, 7) is 4.85. The molecule has 0 aliphatic carbocycles. The van der Waals surface area contributed by atoms with Crippen molar-refractivity contribution < 1.29 is 22.3 Å². The number of rotatable bonds is 6. The molecule has 0 amide bonds. The number of sulfonamides is 1. The van der Waals surface area contributed by atoms with Crippen molar-refractivity contribution in [2.24, 2.45) is 5.92 Å². The Bertz CT molecular complexity index is 573. The van der Waals surface area contributed by atoms with Gasteiger partial charge in [0.1, 0.15) is 4.90 Å². The molecule has 0 spiro atoms. The number of hydrogen-bond donors (Lipinski definition) is 2. The highest BCUT2D eigenvalue weighted by Gasteiger charge is 2.30. The van der Waals surface area contributed by atoms with Crippen molar-refractivity contribution >= 4 is 10.0 Å². The van der Waals surface area contributed by atoms with Gasteiger partial charge in [-0.3, -0.25) is 0 Å². The molecule has 2 atom stereocenters. The first-order valence-corrected chi connectivity index (χ1v) is 7.76. The van der Waals surface area contributed by atoms with E-state index in [1.807, 2.05) is 6.92 Å². The molecule has 2 N–H and O–H groups in total. The fourth-order valence-corrected chi connectivity index (χ4v) is 2.85. The van der Waals surface area contributed by atoms with Crippen LogP contribution in [0.25, 0.3) is 0 Å². The van der Waals surface area contributed by atoms with E-state index in [0.717, 1.165) is 18.2 Å². The highest BCUT2D eigenvalue weighted by atomic mass is 32.2. The van der Waals surface area contributed by atoms with E-state index < -0.39 is 32.2 Å². The summed E-state index contributed by atoms with van der Waals surface area (Å²) in [6, 6.07) is 2.92. The molecule has 0 saturated heterocycles. The Hall–Kier alpha value is -1.05. The summed E-state index contributed by atoms with van der Waals surface area (Å²) < 4.78 is 52.5. The van der Waals surface area contributed by atoms with Crippen LogP contribution in [0.15, 0.2) is 23.1 Å². The highest BCUT2D eigenvalue weighted by molar-refractivity contribution is 7.89. The molecule has 0 saturated carbocycles. The average molecular weight is 307 g/mol. The zero-order chi connectivity index (χ0) is 15.6. The van der Waals surface area contributed by atoms with E-state index in [9.17, 15) is 22.3 Å². The molecule has 114 valence electrons. The fourth-order valence-electron chi connectivity index (χ4n) is 1.62. The maximum absolute atomic E-state index is 13.5. The van der Waals surface area contributed by atoms with Crippen LogP contribution in [0.5, 0.6) is 0 Å². The lowest BCUT2D eigenvalue weighted by atomic mass is 9.89. The minimum absolute atomic E-state index is 0.150. The summed E-state index contributed by atoms with van der Waals surface area (Å²) in [6.07, 6.45) is 0.656. The number of benzene rings is 1. The van der Waals surface area contributed by atoms with Gasteiger partial charge in [0.2, 0.25) is 10.0 Å². The monoisotopic (exact) mass is 307 g/mol. The molecule has 4 nitrogen and oxygen atoms in total. The molecule has 0 aliphatic heterocycles. The molecule has 0 radical (unpaired) electrons. The Morgan fingerprint density at radius 3 is 2.55 bits per heavy atom. The number of aliphatic hydroxyl groups is 1. The second kappa shape index (κ2) is 6.15. The van der Waals surface area contributed by atoms with Crippen molar-refractivity contribution in [3.63, 3.8) is 0 Å². The first-order chi connectivity index (χ1) is 9.12. The smallest absolute Gasteiger partial charge is 0.243 e. The van der Waals surface area contributed by atoms with Gasteiger partial charge in [-0.15, -0.1) is 0 Å². The van der Waals surface area contributed by atoms with Crippen molar-refractivity contribution in [2.75, 3.05) is 6.54 Å². The van der Waals surface area contributed by atoms with Gasteiger partial charge in [0.05, 0.1) is 5.60 Å². The van der Waals surface area contributed by atoms with E-state index in [1.54, 1.807) is 6.92 Å². The Morgan fingerprint density at radius 1 is 1.40 bits per heavy atom. The minimum atomic E-state index is -4.21. The summed E-state index contributed by atoms with van der Waals surface area (Å²) in [4.78, 5) is -0.766. The van der Waals surface area contributed by atoms with Gasteiger partial charge in [0.15, 0.2) is 11.6 Å². The molecule has 1 aromatic rings. The molecule has 1 rings (SSSR count). The maximum Gasteiger partial charge on any atom is 0.243 e. The highest BCUT2D eigenvalue weighted by Crippen LogP contribution is 2.21. The SMILES string of the molecule is CCC(C)C(C)(O)CNS(=O)(=O)c1cccc(F)c1F. The Labute approximate surface area is 117 Å². The molecule has 0 fully saturated rings. The van der Waals surface area contributed by atoms with E-state index in [2.05, 4.69) is 4.72 Å². The third kappa shape index (κ3) is 3.74. The quantitative estimate of drug-likeness (QED) is 0.845. The first-order valence-electron chi connectivity index (χ1n) is 6.28. The largest absolute Gasteiger partial charge is 0.389 e. The Balaban J connectivity index is 2.94. The van der Waals surface area contributed by atoms with Crippen molar-refractivity contribution in [3.05, 3.63) is 29.8 Å². The molecular weight excluding hydrogens is 288 g/mol. The molecule has 0 aromatic heterocycles. The topological polar surface area (TPSA) is 66.4 Å². The molecule has 0 aliphatic rings. The van der Waals surface area contributed by atoms with E-state index in [-0.39, 0.29) is 12.5 Å².